The molecule has 3 nitrogen and oxygen atoms in total. The highest BCUT2D eigenvalue weighted by molar-refractivity contribution is 6.69. The van der Waals surface area contributed by atoms with E-state index in [-0.39, 0.29) is 23.0 Å². The van der Waals surface area contributed by atoms with Crippen LogP contribution in [0.2, 0.25) is 19.6 Å². The summed E-state index contributed by atoms with van der Waals surface area (Å²) in [6.45, 7) is 12.4. The number of aliphatic hydroxyl groups excluding tert-OH is 2. The van der Waals surface area contributed by atoms with Crippen LogP contribution < -0.4 is 0 Å². The summed E-state index contributed by atoms with van der Waals surface area (Å²) in [5, 5.41) is 21.1. The van der Waals surface area contributed by atoms with Gasteiger partial charge in [-0.1, -0.05) is 18.1 Å². The predicted molar refractivity (Wildman–Crippen MR) is 112 cm³/mol. The van der Waals surface area contributed by atoms with E-state index in [2.05, 4.69) is 33.5 Å². The quantitative estimate of drug-likeness (QED) is 0.531. The molecule has 0 aromatic carbocycles. The van der Waals surface area contributed by atoms with Crippen molar-refractivity contribution >= 4 is 8.32 Å². The number of allylic oxidation sites excluding steroid dienone is 1. The molecule has 2 N–H and O–H groups in total. The third-order valence-electron chi connectivity index (χ3n) is 8.88. The van der Waals surface area contributed by atoms with Crippen molar-refractivity contribution in [3.05, 3.63) is 11.1 Å². The van der Waals surface area contributed by atoms with Crippen LogP contribution in [0.3, 0.4) is 0 Å². The molecule has 3 fully saturated rings. The molecule has 4 rings (SSSR count). The van der Waals surface area contributed by atoms with Gasteiger partial charge in [0.15, 0.2) is 8.32 Å². The van der Waals surface area contributed by atoms with Gasteiger partial charge in [-0.15, -0.1) is 0 Å². The predicted octanol–water partition coefficient (Wildman–Crippen LogP) is 4.89. The summed E-state index contributed by atoms with van der Waals surface area (Å²) in [6.07, 6.45) is 8.29. The monoisotopic (exact) mass is 392 g/mol. The van der Waals surface area contributed by atoms with E-state index >= 15 is 0 Å². The van der Waals surface area contributed by atoms with Gasteiger partial charge >= 0.3 is 0 Å². The van der Waals surface area contributed by atoms with E-state index in [0.29, 0.717) is 17.8 Å². The number of rotatable bonds is 3. The van der Waals surface area contributed by atoms with Crippen molar-refractivity contribution in [2.75, 3.05) is 6.61 Å². The summed E-state index contributed by atoms with van der Waals surface area (Å²) in [4.78, 5) is 0. The first-order valence-electron chi connectivity index (χ1n) is 11.3. The second-order valence-corrected chi connectivity index (χ2v) is 15.9. The molecule has 0 spiro atoms. The zero-order valence-electron chi connectivity index (χ0n) is 18.1. The summed E-state index contributed by atoms with van der Waals surface area (Å²) in [6, 6.07) is 0. The minimum atomic E-state index is -1.60. The highest BCUT2D eigenvalue weighted by Gasteiger charge is 2.60. The molecule has 4 heteroatoms. The van der Waals surface area contributed by atoms with E-state index in [4.69, 9.17) is 4.43 Å². The molecule has 4 aliphatic rings. The van der Waals surface area contributed by atoms with Gasteiger partial charge in [0.2, 0.25) is 0 Å². The van der Waals surface area contributed by atoms with E-state index in [0.717, 1.165) is 38.7 Å². The largest absolute Gasteiger partial charge is 0.417 e. The molecule has 0 radical (unpaired) electrons. The highest BCUT2D eigenvalue weighted by atomic mass is 28.4. The van der Waals surface area contributed by atoms with Crippen LogP contribution in [0.25, 0.3) is 0 Å². The van der Waals surface area contributed by atoms with Crippen molar-refractivity contribution in [1.29, 1.82) is 0 Å². The maximum absolute atomic E-state index is 10.7. The Hall–Kier alpha value is -0.163. The van der Waals surface area contributed by atoms with E-state index in [1.165, 1.54) is 24.8 Å². The molecule has 0 aromatic rings. The number of fused-ring (bicyclic) bond motifs is 5. The molecule has 0 aromatic heterocycles. The molecule has 0 heterocycles. The average Bonchev–Trinajstić information content (AvgIpc) is 2.89. The smallest absolute Gasteiger partial charge is 0.183 e. The summed E-state index contributed by atoms with van der Waals surface area (Å²) in [5.41, 5.74) is 3.33. The lowest BCUT2D eigenvalue weighted by atomic mass is 9.46. The van der Waals surface area contributed by atoms with Gasteiger partial charge in [-0.05, 0) is 101 Å². The van der Waals surface area contributed by atoms with Crippen molar-refractivity contribution in [1.82, 2.24) is 0 Å². The van der Waals surface area contributed by atoms with Gasteiger partial charge in [0, 0.05) is 12.0 Å². The van der Waals surface area contributed by atoms with Crippen molar-refractivity contribution in [3.63, 3.8) is 0 Å². The molecule has 27 heavy (non-hydrogen) atoms. The third-order valence-corrected chi connectivity index (χ3v) is 9.89. The summed E-state index contributed by atoms with van der Waals surface area (Å²) < 4.78 is 6.59. The van der Waals surface area contributed by atoms with Crippen LogP contribution in [0.4, 0.5) is 0 Å². The van der Waals surface area contributed by atoms with Crippen LogP contribution in [0, 0.1) is 28.6 Å². The lowest BCUT2D eigenvalue weighted by molar-refractivity contribution is -0.0888. The van der Waals surface area contributed by atoms with Crippen LogP contribution in [0.1, 0.15) is 65.2 Å². The third kappa shape index (κ3) is 3.19. The molecule has 0 aliphatic heterocycles. The van der Waals surface area contributed by atoms with Gasteiger partial charge < -0.3 is 14.6 Å². The Labute approximate surface area is 166 Å². The highest BCUT2D eigenvalue weighted by Crippen LogP contribution is 2.66. The van der Waals surface area contributed by atoms with Crippen LogP contribution in [-0.2, 0) is 4.43 Å². The van der Waals surface area contributed by atoms with Crippen LogP contribution in [0.5, 0.6) is 0 Å². The number of aliphatic hydroxyl groups is 2. The van der Waals surface area contributed by atoms with E-state index < -0.39 is 8.32 Å². The average molecular weight is 393 g/mol. The second kappa shape index (κ2) is 6.68. The molecule has 0 amide bonds. The maximum Gasteiger partial charge on any atom is 0.183 e. The lowest BCUT2D eigenvalue weighted by Crippen LogP contribution is -2.55. The van der Waals surface area contributed by atoms with E-state index in [1.807, 2.05) is 0 Å². The summed E-state index contributed by atoms with van der Waals surface area (Å²) in [7, 11) is -1.60. The molecule has 154 valence electrons. The van der Waals surface area contributed by atoms with Crippen molar-refractivity contribution < 1.29 is 14.6 Å². The fourth-order valence-corrected chi connectivity index (χ4v) is 8.13. The Morgan fingerprint density at radius 2 is 1.74 bits per heavy atom. The topological polar surface area (TPSA) is 49.7 Å². The van der Waals surface area contributed by atoms with Crippen molar-refractivity contribution in [3.8, 4) is 0 Å². The van der Waals surface area contributed by atoms with Gasteiger partial charge in [0.25, 0.3) is 0 Å². The number of hydrogen-bond acceptors (Lipinski definition) is 3. The van der Waals surface area contributed by atoms with Gasteiger partial charge in [0.1, 0.15) is 0 Å². The van der Waals surface area contributed by atoms with E-state index in [1.54, 1.807) is 5.57 Å². The summed E-state index contributed by atoms with van der Waals surface area (Å²) in [5.74, 6) is 2.01. The zero-order valence-corrected chi connectivity index (χ0v) is 19.1. The van der Waals surface area contributed by atoms with Gasteiger partial charge in [-0.3, -0.25) is 0 Å². The molecule has 4 aliphatic carbocycles. The molecule has 3 saturated carbocycles. The first-order chi connectivity index (χ1) is 12.6. The minimum absolute atomic E-state index is 0.114. The Balaban J connectivity index is 1.73. The summed E-state index contributed by atoms with van der Waals surface area (Å²) >= 11 is 0. The molecular weight excluding hydrogens is 352 g/mol. The fourth-order valence-electron chi connectivity index (χ4n) is 7.44. The molecule has 0 saturated heterocycles. The van der Waals surface area contributed by atoms with Crippen LogP contribution in [0.15, 0.2) is 11.1 Å². The first kappa shape index (κ1) is 20.1. The normalized spacial score (nSPS) is 47.4. The SMILES string of the molecule is CC1=C2CC(O)CC[C@]2(CO[Si](C)(C)C)[C@@H]2CC[C@]3(C)C(O)CC[C@H]3[C@@H]2C1. The van der Waals surface area contributed by atoms with Crippen LogP contribution >= 0.6 is 0 Å². The Kier molecular flexibility index (Phi) is 4.98. The van der Waals surface area contributed by atoms with Crippen molar-refractivity contribution in [2.45, 2.75) is 97.1 Å². The lowest BCUT2D eigenvalue weighted by Gasteiger charge is -2.59. The first-order valence-corrected chi connectivity index (χ1v) is 14.7. The van der Waals surface area contributed by atoms with E-state index in [9.17, 15) is 10.2 Å². The molecule has 0 bridgehead atoms. The molecule has 2 unspecified atom stereocenters. The van der Waals surface area contributed by atoms with Crippen LogP contribution in [-0.4, -0.2) is 37.3 Å². The van der Waals surface area contributed by atoms with Gasteiger partial charge in [-0.25, -0.2) is 0 Å². The standard InChI is InChI=1S/C23H40O3Si/c1-15-12-17-18-6-7-21(25)22(18,2)10-9-19(17)23(14-26-27(3,4)5)11-8-16(24)13-20(15)23/h16-19,21,24-25H,6-14H2,1-5H3/t16?,17-,18-,19+,21?,22-,23-/m0/s1. The Morgan fingerprint density at radius 3 is 2.44 bits per heavy atom. The molecule has 7 atom stereocenters. The molecular formula is C23H40O3Si. The fraction of sp³-hybridized carbons (Fsp3) is 0.913. The van der Waals surface area contributed by atoms with Gasteiger partial charge in [0.05, 0.1) is 12.2 Å². The number of hydrogen-bond donors (Lipinski definition) is 2. The zero-order chi connectivity index (χ0) is 19.6. The minimum Gasteiger partial charge on any atom is -0.417 e. The Bertz CT molecular complexity index is 624. The van der Waals surface area contributed by atoms with Crippen molar-refractivity contribution in [2.24, 2.45) is 28.6 Å². The Morgan fingerprint density at radius 1 is 1.00 bits per heavy atom. The maximum atomic E-state index is 10.7. The van der Waals surface area contributed by atoms with Gasteiger partial charge in [-0.2, -0.15) is 0 Å². The second-order valence-electron chi connectivity index (χ2n) is 11.4.